The van der Waals surface area contributed by atoms with Crippen LogP contribution in [0.25, 0.3) is 0 Å². The zero-order chi connectivity index (χ0) is 8.97. The summed E-state index contributed by atoms with van der Waals surface area (Å²) in [4.78, 5) is 2.37. The highest BCUT2D eigenvalue weighted by Gasteiger charge is 2.23. The average Bonchev–Trinajstić information content (AvgIpc) is 2.09. The van der Waals surface area contributed by atoms with E-state index in [0.717, 1.165) is 26.2 Å². The Balaban J connectivity index is 2.36. The molecule has 1 heterocycles. The fourth-order valence-corrected chi connectivity index (χ4v) is 2.04. The van der Waals surface area contributed by atoms with E-state index in [1.807, 2.05) is 11.9 Å². The molecular weight excluding hydrogens is 172 g/mol. The van der Waals surface area contributed by atoms with Crippen LogP contribution in [0.1, 0.15) is 0 Å². The molecule has 0 aromatic heterocycles. The fraction of sp³-hybridized carbons (Fsp3) is 1.00. The van der Waals surface area contributed by atoms with Gasteiger partial charge in [0.05, 0.1) is 6.61 Å². The Kier molecular flexibility index (Phi) is 4.35. The minimum Gasteiger partial charge on any atom is -0.383 e. The topological polar surface area (TPSA) is 15.7 Å². The number of piperazine rings is 1. The molecular formula is C8H18N2OS. The van der Waals surface area contributed by atoms with Gasteiger partial charge < -0.3 is 4.74 Å². The zero-order valence-electron chi connectivity index (χ0n) is 8.12. The molecule has 0 aliphatic carbocycles. The lowest BCUT2D eigenvalue weighted by Crippen LogP contribution is -2.50. The second kappa shape index (κ2) is 5.07. The van der Waals surface area contributed by atoms with Gasteiger partial charge in [0, 0.05) is 32.8 Å². The van der Waals surface area contributed by atoms with E-state index < -0.39 is 0 Å². The molecule has 1 rings (SSSR count). The molecule has 1 aliphatic rings. The Morgan fingerprint density at radius 3 is 2.83 bits per heavy atom. The van der Waals surface area contributed by atoms with Crippen LogP contribution < -0.4 is 0 Å². The molecule has 0 aromatic carbocycles. The van der Waals surface area contributed by atoms with E-state index in [-0.39, 0.29) is 0 Å². The molecule has 0 amide bonds. The number of hydrogen-bond acceptors (Lipinski definition) is 4. The molecule has 0 saturated carbocycles. The van der Waals surface area contributed by atoms with E-state index in [9.17, 15) is 0 Å². The number of methoxy groups -OCH3 is 1. The zero-order valence-corrected chi connectivity index (χ0v) is 8.93. The van der Waals surface area contributed by atoms with Crippen molar-refractivity contribution in [2.45, 2.75) is 6.04 Å². The first kappa shape index (κ1) is 10.3. The fourth-order valence-electron chi connectivity index (χ4n) is 1.46. The summed E-state index contributed by atoms with van der Waals surface area (Å²) in [6.07, 6.45) is 2.13. The molecule has 0 radical (unpaired) electrons. The van der Waals surface area contributed by atoms with Crippen molar-refractivity contribution < 1.29 is 4.74 Å². The van der Waals surface area contributed by atoms with Gasteiger partial charge in [-0.2, -0.15) is 0 Å². The van der Waals surface area contributed by atoms with Gasteiger partial charge in [0.15, 0.2) is 0 Å². The predicted octanol–water partition coefficient (Wildman–Crippen LogP) is 0.527. The largest absolute Gasteiger partial charge is 0.383 e. The molecule has 1 aliphatic heterocycles. The van der Waals surface area contributed by atoms with Gasteiger partial charge in [-0.25, -0.2) is 4.31 Å². The third kappa shape index (κ3) is 2.62. The van der Waals surface area contributed by atoms with E-state index in [0.29, 0.717) is 6.04 Å². The van der Waals surface area contributed by atoms with Crippen molar-refractivity contribution in [2.75, 3.05) is 46.7 Å². The first-order valence-corrected chi connectivity index (χ1v) is 5.44. The summed E-state index contributed by atoms with van der Waals surface area (Å²) in [6, 6.07) is 0.566. The monoisotopic (exact) mass is 190 g/mol. The van der Waals surface area contributed by atoms with Crippen LogP contribution in [0, 0.1) is 0 Å². The molecule has 0 bridgehead atoms. The summed E-state index contributed by atoms with van der Waals surface area (Å²) < 4.78 is 7.56. The number of rotatable bonds is 3. The molecule has 0 N–H and O–H groups in total. The summed E-state index contributed by atoms with van der Waals surface area (Å²) in [7, 11) is 3.94. The van der Waals surface area contributed by atoms with Gasteiger partial charge in [-0.05, 0) is 13.3 Å². The van der Waals surface area contributed by atoms with Crippen LogP contribution in [0.3, 0.4) is 0 Å². The highest BCUT2D eigenvalue weighted by atomic mass is 32.2. The van der Waals surface area contributed by atoms with Gasteiger partial charge in [0.2, 0.25) is 0 Å². The molecule has 0 spiro atoms. The Bertz CT molecular complexity index is 134. The van der Waals surface area contributed by atoms with Crippen LogP contribution in [0.4, 0.5) is 0 Å². The van der Waals surface area contributed by atoms with Crippen molar-refractivity contribution in [1.82, 2.24) is 9.21 Å². The molecule has 72 valence electrons. The second-order valence-electron chi connectivity index (χ2n) is 3.16. The lowest BCUT2D eigenvalue weighted by atomic mass is 10.2. The van der Waals surface area contributed by atoms with Gasteiger partial charge in [-0.15, -0.1) is 0 Å². The van der Waals surface area contributed by atoms with Crippen molar-refractivity contribution in [3.63, 3.8) is 0 Å². The van der Waals surface area contributed by atoms with Crippen LogP contribution in [0.5, 0.6) is 0 Å². The second-order valence-corrected chi connectivity index (χ2v) is 4.04. The minimum absolute atomic E-state index is 0.566. The van der Waals surface area contributed by atoms with Gasteiger partial charge in [0.1, 0.15) is 0 Å². The number of hydrogen-bond donors (Lipinski definition) is 0. The van der Waals surface area contributed by atoms with Crippen molar-refractivity contribution in [3.8, 4) is 0 Å². The first-order valence-electron chi connectivity index (χ1n) is 4.26. The normalized spacial score (nSPS) is 27.8. The number of nitrogens with zero attached hydrogens (tertiary/aromatic N) is 2. The van der Waals surface area contributed by atoms with Gasteiger partial charge in [-0.1, -0.05) is 11.9 Å². The van der Waals surface area contributed by atoms with Crippen molar-refractivity contribution in [1.29, 1.82) is 0 Å². The summed E-state index contributed by atoms with van der Waals surface area (Å²) in [6.45, 7) is 4.27. The van der Waals surface area contributed by atoms with Crippen molar-refractivity contribution in [2.24, 2.45) is 0 Å². The smallest absolute Gasteiger partial charge is 0.0630 e. The molecule has 1 saturated heterocycles. The molecule has 1 unspecified atom stereocenters. The van der Waals surface area contributed by atoms with Crippen LogP contribution in [0.15, 0.2) is 0 Å². The third-order valence-corrected chi connectivity index (χ3v) is 3.21. The lowest BCUT2D eigenvalue weighted by Gasteiger charge is -2.37. The van der Waals surface area contributed by atoms with Crippen molar-refractivity contribution >= 4 is 11.9 Å². The predicted molar refractivity (Wildman–Crippen MR) is 53.4 cm³/mol. The van der Waals surface area contributed by atoms with Crippen LogP contribution in [-0.4, -0.2) is 61.9 Å². The summed E-state index contributed by atoms with van der Waals surface area (Å²) >= 11 is 1.83. The van der Waals surface area contributed by atoms with Crippen LogP contribution >= 0.6 is 11.9 Å². The average molecular weight is 190 g/mol. The van der Waals surface area contributed by atoms with Gasteiger partial charge in [-0.3, -0.25) is 4.90 Å². The Morgan fingerprint density at radius 1 is 1.50 bits per heavy atom. The summed E-state index contributed by atoms with van der Waals surface area (Å²) in [5.74, 6) is 0. The van der Waals surface area contributed by atoms with E-state index in [2.05, 4.69) is 22.5 Å². The summed E-state index contributed by atoms with van der Waals surface area (Å²) in [5.41, 5.74) is 0. The Labute approximate surface area is 79.2 Å². The van der Waals surface area contributed by atoms with Gasteiger partial charge >= 0.3 is 0 Å². The lowest BCUT2D eigenvalue weighted by molar-refractivity contribution is 0.0704. The van der Waals surface area contributed by atoms with E-state index in [4.69, 9.17) is 4.74 Å². The highest BCUT2D eigenvalue weighted by Crippen LogP contribution is 2.13. The third-order valence-electron chi connectivity index (χ3n) is 2.36. The molecule has 4 heteroatoms. The molecule has 3 nitrogen and oxygen atoms in total. The van der Waals surface area contributed by atoms with Crippen molar-refractivity contribution in [3.05, 3.63) is 0 Å². The first-order chi connectivity index (χ1) is 5.77. The maximum absolute atomic E-state index is 5.17. The summed E-state index contributed by atoms with van der Waals surface area (Å²) in [5, 5.41) is 0. The van der Waals surface area contributed by atoms with Gasteiger partial charge in [0.25, 0.3) is 0 Å². The standard InChI is InChI=1S/C8H18N2OS/c1-9-4-5-10(12-3)6-8(9)7-11-2/h8H,4-7H2,1-3H3. The van der Waals surface area contributed by atoms with E-state index in [1.54, 1.807) is 7.11 Å². The van der Waals surface area contributed by atoms with E-state index >= 15 is 0 Å². The quantitative estimate of drug-likeness (QED) is 0.603. The molecule has 0 aromatic rings. The molecule has 1 fully saturated rings. The minimum atomic E-state index is 0.566. The number of likely N-dealkylation sites (N-methyl/N-ethyl adjacent to an activating group) is 1. The Hall–Kier alpha value is 0.230. The maximum atomic E-state index is 5.17. The SMILES string of the molecule is COCC1CN(SC)CCN1C. The van der Waals surface area contributed by atoms with E-state index in [1.165, 1.54) is 0 Å². The Morgan fingerprint density at radius 2 is 2.25 bits per heavy atom. The number of ether oxygens (including phenoxy) is 1. The highest BCUT2D eigenvalue weighted by molar-refractivity contribution is 7.96. The van der Waals surface area contributed by atoms with Crippen LogP contribution in [0.2, 0.25) is 0 Å². The molecule has 12 heavy (non-hydrogen) atoms. The van der Waals surface area contributed by atoms with Crippen LogP contribution in [-0.2, 0) is 4.74 Å². The maximum Gasteiger partial charge on any atom is 0.0630 e. The molecule has 1 atom stereocenters.